The summed E-state index contributed by atoms with van der Waals surface area (Å²) in [6.45, 7) is 6.01. The van der Waals surface area contributed by atoms with Gasteiger partial charge in [0, 0.05) is 20.6 Å². The lowest BCUT2D eigenvalue weighted by Gasteiger charge is -2.30. The molecule has 0 aliphatic heterocycles. The lowest BCUT2D eigenvalue weighted by atomic mass is 10.1. The molecule has 0 saturated carbocycles. The highest BCUT2D eigenvalue weighted by molar-refractivity contribution is 7.78. The second-order valence-corrected chi connectivity index (χ2v) is 16.3. The molecule has 0 aromatic rings. The Bertz CT molecular complexity index is 421. The van der Waals surface area contributed by atoms with E-state index in [0.717, 1.165) is 25.4 Å². The predicted molar refractivity (Wildman–Crippen MR) is 106 cm³/mol. The van der Waals surface area contributed by atoms with Crippen LogP contribution in [-0.2, 0) is 9.13 Å². The van der Waals surface area contributed by atoms with Crippen molar-refractivity contribution < 1.29 is 28.7 Å². The third-order valence-electron chi connectivity index (χ3n) is 4.54. The molecule has 0 spiro atoms. The van der Waals surface area contributed by atoms with Gasteiger partial charge < -0.3 is 24.1 Å². The molecule has 0 fully saturated rings. The van der Waals surface area contributed by atoms with Crippen molar-refractivity contribution in [3.8, 4) is 0 Å². The van der Waals surface area contributed by atoms with Crippen molar-refractivity contribution in [1.29, 1.82) is 0 Å². The van der Waals surface area contributed by atoms with Crippen LogP contribution in [0.4, 0.5) is 0 Å². The van der Waals surface area contributed by atoms with Gasteiger partial charge in [0.05, 0.1) is 12.3 Å². The fourth-order valence-electron chi connectivity index (χ4n) is 2.96. The number of hydrogen-bond acceptors (Lipinski definition) is 3. The fraction of sp³-hybridized carbons (Fsp3) is 1.00. The summed E-state index contributed by atoms with van der Waals surface area (Å²) in [7, 11) is -11.7. The molecular formula is C16H37O6P3. The first-order chi connectivity index (χ1) is 11.4. The summed E-state index contributed by atoms with van der Waals surface area (Å²) >= 11 is 0. The standard InChI is InChI=1S/C16H37O6P3/c1-4-5-6-7-8-9-10-11-12-13-14-23(2,3)15-16(24(17,18)19)25(20,21)22/h16H,4-15H2,1-3H3,(H3-,17,18,19,20,21,22). The van der Waals surface area contributed by atoms with Gasteiger partial charge in [0.15, 0.2) is 13.0 Å². The van der Waals surface area contributed by atoms with Gasteiger partial charge in [-0.2, -0.15) is 0 Å². The minimum absolute atomic E-state index is 0.119. The Morgan fingerprint density at radius 1 is 0.840 bits per heavy atom. The van der Waals surface area contributed by atoms with Gasteiger partial charge in [0.25, 0.3) is 0 Å². The van der Waals surface area contributed by atoms with Crippen LogP contribution in [0.1, 0.15) is 71.1 Å². The van der Waals surface area contributed by atoms with E-state index in [0.29, 0.717) is 0 Å². The summed E-state index contributed by atoms with van der Waals surface area (Å²) < 4.78 is 22.7. The Hall–Kier alpha value is 0.730. The maximum Gasteiger partial charge on any atom is 0.340 e. The zero-order valence-corrected chi connectivity index (χ0v) is 18.7. The summed E-state index contributed by atoms with van der Waals surface area (Å²) in [5, 5.41) is -1.95. The van der Waals surface area contributed by atoms with Crippen LogP contribution < -0.4 is 4.89 Å². The van der Waals surface area contributed by atoms with Gasteiger partial charge in [-0.3, -0.25) is 4.57 Å². The highest BCUT2D eigenvalue weighted by Crippen LogP contribution is 2.65. The Morgan fingerprint density at radius 3 is 1.60 bits per heavy atom. The Morgan fingerprint density at radius 2 is 1.24 bits per heavy atom. The largest absolute Gasteiger partial charge is 0.778 e. The molecule has 0 heterocycles. The molecule has 152 valence electrons. The molecule has 0 aliphatic rings. The third-order valence-corrected chi connectivity index (χ3v) is 11.7. The molecule has 9 heteroatoms. The molecule has 2 unspecified atom stereocenters. The first-order valence-corrected chi connectivity index (χ1v) is 15.7. The van der Waals surface area contributed by atoms with Gasteiger partial charge in [-0.1, -0.05) is 58.3 Å². The van der Waals surface area contributed by atoms with Gasteiger partial charge in [-0.15, -0.1) is 0 Å². The molecule has 0 aromatic heterocycles. The van der Waals surface area contributed by atoms with Crippen molar-refractivity contribution in [3.63, 3.8) is 0 Å². The van der Waals surface area contributed by atoms with E-state index in [4.69, 9.17) is 4.89 Å². The molecular weight excluding hydrogens is 381 g/mol. The van der Waals surface area contributed by atoms with Crippen LogP contribution in [0, 0.1) is 0 Å². The van der Waals surface area contributed by atoms with Crippen molar-refractivity contribution in [1.82, 2.24) is 0 Å². The number of hydrogen-bond donors (Lipinski definition) is 3. The summed E-state index contributed by atoms with van der Waals surface area (Å²) in [6.07, 6.45) is 12.8. The van der Waals surface area contributed by atoms with E-state index in [1.165, 1.54) is 44.9 Å². The molecule has 0 amide bonds. The van der Waals surface area contributed by atoms with Crippen molar-refractivity contribution in [2.75, 3.05) is 25.7 Å². The van der Waals surface area contributed by atoms with E-state index in [-0.39, 0.29) is 6.16 Å². The van der Waals surface area contributed by atoms with Crippen LogP contribution in [0.3, 0.4) is 0 Å². The van der Waals surface area contributed by atoms with E-state index >= 15 is 0 Å². The molecule has 6 nitrogen and oxygen atoms in total. The lowest BCUT2D eigenvalue weighted by Crippen LogP contribution is -2.23. The summed E-state index contributed by atoms with van der Waals surface area (Å²) in [6, 6.07) is 0. The third kappa shape index (κ3) is 13.5. The maximum absolute atomic E-state index is 11.4. The van der Waals surface area contributed by atoms with Crippen molar-refractivity contribution in [2.45, 2.75) is 76.5 Å². The lowest BCUT2D eigenvalue weighted by molar-refractivity contribution is -0.194. The molecule has 25 heavy (non-hydrogen) atoms. The molecule has 2 atom stereocenters. The average Bonchev–Trinajstić information content (AvgIpc) is 2.44. The van der Waals surface area contributed by atoms with Gasteiger partial charge >= 0.3 is 7.60 Å². The van der Waals surface area contributed by atoms with Gasteiger partial charge in [-0.25, -0.2) is 0 Å². The van der Waals surface area contributed by atoms with Gasteiger partial charge in [-0.05, 0) is 12.8 Å². The molecule has 0 radical (unpaired) electrons. The van der Waals surface area contributed by atoms with Crippen LogP contribution in [0.5, 0.6) is 0 Å². The van der Waals surface area contributed by atoms with Gasteiger partial charge in [0.1, 0.15) is 0 Å². The highest BCUT2D eigenvalue weighted by Gasteiger charge is 2.44. The molecule has 3 N–H and O–H groups in total. The molecule has 0 bridgehead atoms. The molecule has 0 aromatic carbocycles. The van der Waals surface area contributed by atoms with Crippen molar-refractivity contribution >= 4 is 22.5 Å². The monoisotopic (exact) mass is 418 g/mol. The van der Waals surface area contributed by atoms with E-state index in [1.54, 1.807) is 0 Å². The highest BCUT2D eigenvalue weighted by atomic mass is 31.2. The zero-order chi connectivity index (χ0) is 19.6. The minimum atomic E-state index is -5.04. The van der Waals surface area contributed by atoms with E-state index < -0.39 is 27.9 Å². The van der Waals surface area contributed by atoms with Crippen LogP contribution in [0.2, 0.25) is 0 Å². The maximum atomic E-state index is 11.4. The second-order valence-electron chi connectivity index (χ2n) is 7.66. The topological polar surface area (TPSA) is 118 Å². The van der Waals surface area contributed by atoms with E-state index in [9.17, 15) is 23.8 Å². The smallest absolute Gasteiger partial charge is 0.340 e. The second kappa shape index (κ2) is 12.2. The summed E-state index contributed by atoms with van der Waals surface area (Å²) in [4.78, 5) is 38.9. The normalized spacial score (nSPS) is 16.6. The van der Waals surface area contributed by atoms with Crippen LogP contribution in [-0.4, -0.2) is 45.7 Å². The minimum Gasteiger partial charge on any atom is -0.778 e. The van der Waals surface area contributed by atoms with E-state index in [1.807, 2.05) is 13.3 Å². The van der Waals surface area contributed by atoms with E-state index in [2.05, 4.69) is 6.92 Å². The first kappa shape index (κ1) is 25.7. The fourth-order valence-corrected chi connectivity index (χ4v) is 11.0. The number of unbranched alkanes of at least 4 members (excludes halogenated alkanes) is 9. The quantitative estimate of drug-likeness (QED) is 0.271. The summed E-state index contributed by atoms with van der Waals surface area (Å²) in [5.41, 5.74) is 0. The SMILES string of the molecule is CCCCCCCCCCCC[P+](C)(C)CC(P(=O)([O-])O)P(=O)(O)O. The Labute approximate surface area is 153 Å². The summed E-state index contributed by atoms with van der Waals surface area (Å²) in [5.74, 6) is 0. The molecule has 0 rings (SSSR count). The van der Waals surface area contributed by atoms with Crippen molar-refractivity contribution in [2.24, 2.45) is 0 Å². The Kier molecular flexibility index (Phi) is 12.6. The van der Waals surface area contributed by atoms with Crippen LogP contribution in [0.25, 0.3) is 0 Å². The molecule has 0 aliphatic carbocycles. The molecule has 0 saturated heterocycles. The average molecular weight is 418 g/mol. The van der Waals surface area contributed by atoms with Gasteiger partial charge in [0.2, 0.25) is 0 Å². The first-order valence-electron chi connectivity index (χ1n) is 9.31. The van der Waals surface area contributed by atoms with Crippen LogP contribution >= 0.6 is 22.5 Å². The number of rotatable bonds is 15. The van der Waals surface area contributed by atoms with Crippen LogP contribution in [0.15, 0.2) is 0 Å². The Balaban J connectivity index is 4.04. The zero-order valence-electron chi connectivity index (χ0n) is 16.0. The predicted octanol–water partition coefficient (Wildman–Crippen LogP) is 4.23. The van der Waals surface area contributed by atoms with Crippen molar-refractivity contribution in [3.05, 3.63) is 0 Å².